The predicted octanol–water partition coefficient (Wildman–Crippen LogP) is 1.98. The zero-order chi connectivity index (χ0) is 14.1. The molecule has 0 unspecified atom stereocenters. The van der Waals surface area contributed by atoms with Crippen molar-refractivity contribution < 1.29 is 9.67 Å². The topological polar surface area (TPSA) is 45.6 Å². The summed E-state index contributed by atoms with van der Waals surface area (Å²) in [6.45, 7) is 2.52. The number of pyridine rings is 1. The predicted molar refractivity (Wildman–Crippen MR) is 76.6 cm³/mol. The molecule has 0 spiro atoms. The van der Waals surface area contributed by atoms with E-state index in [9.17, 15) is 9.90 Å². The molecule has 0 radical (unpaired) electrons. The van der Waals surface area contributed by atoms with Crippen LogP contribution in [-0.4, -0.2) is 9.51 Å². The third kappa shape index (κ3) is 1.77. The van der Waals surface area contributed by atoms with E-state index in [-0.39, 0.29) is 11.4 Å². The molecule has 1 aromatic carbocycles. The number of hydrogen-bond donors (Lipinski definition) is 1. The van der Waals surface area contributed by atoms with Crippen molar-refractivity contribution in [1.29, 1.82) is 0 Å². The summed E-state index contributed by atoms with van der Waals surface area (Å²) in [5.74, 6) is 0.00917. The maximum absolute atomic E-state index is 12.6. The fourth-order valence-corrected chi connectivity index (χ4v) is 2.45. The average Bonchev–Trinajstić information content (AvgIpc) is 2.49. The van der Waals surface area contributed by atoms with Gasteiger partial charge in [0.05, 0.1) is 12.7 Å². The lowest BCUT2D eigenvalue weighted by molar-refractivity contribution is -0.676. The van der Waals surface area contributed by atoms with Crippen LogP contribution in [-0.2, 0) is 6.54 Å². The van der Waals surface area contributed by atoms with Crippen molar-refractivity contribution in [3.63, 3.8) is 0 Å². The molecule has 0 aliphatic heterocycles. The standard InChI is InChI=1S/C16H14N2O2/c1-2-17-13-10-6-7-11-18(13)16(20)14(15(17)19)12-8-4-3-5-9-12/h3-11H,2H2,1H3/p+1. The van der Waals surface area contributed by atoms with Gasteiger partial charge >= 0.3 is 5.56 Å². The van der Waals surface area contributed by atoms with E-state index in [4.69, 9.17) is 0 Å². The lowest BCUT2D eigenvalue weighted by atomic mass is 10.1. The quantitative estimate of drug-likeness (QED) is 0.722. The second-order valence-corrected chi connectivity index (χ2v) is 4.54. The van der Waals surface area contributed by atoms with Crippen LogP contribution >= 0.6 is 0 Å². The Balaban J connectivity index is 2.48. The van der Waals surface area contributed by atoms with Crippen LogP contribution in [0.2, 0.25) is 0 Å². The lowest BCUT2D eigenvalue weighted by Gasteiger charge is -2.08. The van der Waals surface area contributed by atoms with E-state index in [2.05, 4.69) is 0 Å². The van der Waals surface area contributed by atoms with Gasteiger partial charge in [-0.15, -0.1) is 0 Å². The van der Waals surface area contributed by atoms with E-state index in [1.165, 1.54) is 0 Å². The van der Waals surface area contributed by atoms with Crippen LogP contribution < -0.4 is 10.1 Å². The first-order valence-electron chi connectivity index (χ1n) is 6.55. The molecule has 0 saturated carbocycles. The Labute approximate surface area is 116 Å². The van der Waals surface area contributed by atoms with Crippen LogP contribution in [0.4, 0.5) is 0 Å². The van der Waals surface area contributed by atoms with Crippen molar-refractivity contribution in [1.82, 2.24) is 4.40 Å². The Hall–Kier alpha value is -2.62. The molecule has 0 aliphatic rings. The summed E-state index contributed by atoms with van der Waals surface area (Å²) in [5, 5.41) is 10.5. The second-order valence-electron chi connectivity index (χ2n) is 4.54. The molecule has 0 amide bonds. The van der Waals surface area contributed by atoms with Gasteiger partial charge in [0.2, 0.25) is 0 Å². The molecule has 4 heteroatoms. The number of benzene rings is 1. The van der Waals surface area contributed by atoms with Gasteiger partial charge in [-0.2, -0.15) is 8.97 Å². The zero-order valence-electron chi connectivity index (χ0n) is 11.2. The highest BCUT2D eigenvalue weighted by molar-refractivity contribution is 5.66. The third-order valence-electron chi connectivity index (χ3n) is 3.41. The van der Waals surface area contributed by atoms with E-state index in [1.807, 2.05) is 49.4 Å². The van der Waals surface area contributed by atoms with Crippen LogP contribution in [0.1, 0.15) is 6.92 Å². The molecule has 2 heterocycles. The summed E-state index contributed by atoms with van der Waals surface area (Å²) in [6.07, 6.45) is 1.72. The van der Waals surface area contributed by atoms with E-state index >= 15 is 0 Å². The molecular formula is C16H15N2O2+. The molecule has 0 fully saturated rings. The molecule has 0 bridgehead atoms. The summed E-state index contributed by atoms with van der Waals surface area (Å²) in [6, 6.07) is 14.7. The highest BCUT2D eigenvalue weighted by Gasteiger charge is 2.23. The second kappa shape index (κ2) is 4.81. The highest BCUT2D eigenvalue weighted by Crippen LogP contribution is 2.22. The summed E-state index contributed by atoms with van der Waals surface area (Å²) >= 11 is 0. The first-order chi connectivity index (χ1) is 9.74. The van der Waals surface area contributed by atoms with Crippen molar-refractivity contribution in [3.8, 4) is 17.0 Å². The SMILES string of the molecule is CC[n+]1c(O)c(-c2ccccc2)c(=O)n2ccccc21. The van der Waals surface area contributed by atoms with Gasteiger partial charge in [0.1, 0.15) is 0 Å². The minimum absolute atomic E-state index is 0.00917. The summed E-state index contributed by atoms with van der Waals surface area (Å²) < 4.78 is 3.29. The molecular weight excluding hydrogens is 252 g/mol. The number of fused-ring (bicyclic) bond motifs is 1. The van der Waals surface area contributed by atoms with E-state index in [0.29, 0.717) is 17.8 Å². The van der Waals surface area contributed by atoms with Gasteiger partial charge in [-0.25, -0.2) is 4.79 Å². The molecule has 2 aromatic heterocycles. The van der Waals surface area contributed by atoms with Crippen molar-refractivity contribution in [2.45, 2.75) is 13.5 Å². The molecule has 3 rings (SSSR count). The van der Waals surface area contributed by atoms with Crippen LogP contribution in [0.5, 0.6) is 5.88 Å². The summed E-state index contributed by atoms with van der Waals surface area (Å²) in [4.78, 5) is 12.6. The Morgan fingerprint density at radius 1 is 1.10 bits per heavy atom. The fourth-order valence-electron chi connectivity index (χ4n) is 2.45. The Morgan fingerprint density at radius 3 is 2.50 bits per heavy atom. The van der Waals surface area contributed by atoms with Crippen molar-refractivity contribution in [2.75, 3.05) is 0 Å². The molecule has 4 nitrogen and oxygen atoms in total. The monoisotopic (exact) mass is 267 g/mol. The molecule has 0 aliphatic carbocycles. The summed E-state index contributed by atoms with van der Waals surface area (Å²) in [7, 11) is 0. The minimum Gasteiger partial charge on any atom is -0.477 e. The molecule has 20 heavy (non-hydrogen) atoms. The van der Waals surface area contributed by atoms with Crippen LogP contribution in [0.3, 0.4) is 0 Å². The first kappa shape index (κ1) is 12.4. The maximum Gasteiger partial charge on any atom is 0.354 e. The fraction of sp³-hybridized carbons (Fsp3) is 0.125. The zero-order valence-corrected chi connectivity index (χ0v) is 11.2. The smallest absolute Gasteiger partial charge is 0.354 e. The lowest BCUT2D eigenvalue weighted by Crippen LogP contribution is -2.39. The number of aromatic hydroxyl groups is 1. The number of aromatic nitrogens is 2. The third-order valence-corrected chi connectivity index (χ3v) is 3.41. The van der Waals surface area contributed by atoms with E-state index in [1.54, 1.807) is 21.2 Å². The first-order valence-corrected chi connectivity index (χ1v) is 6.55. The van der Waals surface area contributed by atoms with Gasteiger partial charge in [-0.1, -0.05) is 36.4 Å². The minimum atomic E-state index is -0.214. The number of nitrogens with zero attached hydrogens (tertiary/aromatic N) is 2. The van der Waals surface area contributed by atoms with Crippen LogP contribution in [0.25, 0.3) is 16.8 Å². The summed E-state index contributed by atoms with van der Waals surface area (Å²) in [5.41, 5.74) is 1.51. The number of rotatable bonds is 2. The Kier molecular flexibility index (Phi) is 2.99. The van der Waals surface area contributed by atoms with Crippen LogP contribution in [0.15, 0.2) is 59.5 Å². The molecule has 100 valence electrons. The molecule has 0 saturated heterocycles. The average molecular weight is 267 g/mol. The van der Waals surface area contributed by atoms with E-state index in [0.717, 1.165) is 5.56 Å². The van der Waals surface area contributed by atoms with Crippen molar-refractivity contribution in [2.24, 2.45) is 0 Å². The molecule has 1 N–H and O–H groups in total. The Bertz CT molecular complexity index is 823. The number of aryl methyl sites for hydroxylation is 1. The number of hydrogen-bond acceptors (Lipinski definition) is 2. The van der Waals surface area contributed by atoms with Crippen molar-refractivity contribution in [3.05, 3.63) is 65.1 Å². The maximum atomic E-state index is 12.6. The largest absolute Gasteiger partial charge is 0.477 e. The van der Waals surface area contributed by atoms with Gasteiger partial charge < -0.3 is 5.11 Å². The van der Waals surface area contributed by atoms with Crippen molar-refractivity contribution >= 4 is 5.65 Å². The van der Waals surface area contributed by atoms with Gasteiger partial charge in [0, 0.05) is 6.07 Å². The van der Waals surface area contributed by atoms with E-state index < -0.39 is 0 Å². The van der Waals surface area contributed by atoms with Gasteiger partial charge in [0.25, 0.3) is 11.5 Å². The van der Waals surface area contributed by atoms with Crippen LogP contribution in [0, 0.1) is 0 Å². The van der Waals surface area contributed by atoms with Gasteiger partial charge in [0.15, 0.2) is 5.56 Å². The highest BCUT2D eigenvalue weighted by atomic mass is 16.3. The van der Waals surface area contributed by atoms with Gasteiger partial charge in [-0.3, -0.25) is 0 Å². The molecule has 0 atom stereocenters. The Morgan fingerprint density at radius 2 is 1.80 bits per heavy atom. The van der Waals surface area contributed by atoms with Gasteiger partial charge in [-0.05, 0) is 18.6 Å². The normalized spacial score (nSPS) is 10.8. The molecule has 3 aromatic rings.